The van der Waals surface area contributed by atoms with Crippen molar-refractivity contribution in [1.82, 2.24) is 0 Å². The molecule has 98 valence electrons. The summed E-state index contributed by atoms with van der Waals surface area (Å²) in [5.74, 6) is 1.95. The Morgan fingerprint density at radius 1 is 1.00 bits per heavy atom. The van der Waals surface area contributed by atoms with Crippen LogP contribution in [0.1, 0.15) is 13.8 Å². The van der Waals surface area contributed by atoms with Crippen molar-refractivity contribution in [3.8, 4) is 11.5 Å². The molecule has 0 unspecified atom stereocenters. The Bertz CT molecular complexity index is 552. The second kappa shape index (κ2) is 6.34. The topological polar surface area (TPSA) is 21.3 Å². The van der Waals surface area contributed by atoms with E-state index in [-0.39, 0.29) is 0 Å². The normalized spacial score (nSPS) is 10.3. The van der Waals surface area contributed by atoms with Gasteiger partial charge in [-0.1, -0.05) is 50.3 Å². The zero-order chi connectivity index (χ0) is 13.7. The van der Waals surface area contributed by atoms with Crippen molar-refractivity contribution in [1.29, 1.82) is 0 Å². The molecule has 19 heavy (non-hydrogen) atoms. The van der Waals surface area contributed by atoms with Gasteiger partial charge in [-0.25, -0.2) is 0 Å². The number of para-hydroxylation sites is 1. The van der Waals surface area contributed by atoms with Gasteiger partial charge in [-0.15, -0.1) is 0 Å². The first-order chi connectivity index (χ1) is 9.15. The summed E-state index contributed by atoms with van der Waals surface area (Å²) in [5.41, 5.74) is 0.951. The van der Waals surface area contributed by atoms with E-state index in [1.165, 1.54) is 0 Å². The van der Waals surface area contributed by atoms with Crippen molar-refractivity contribution in [3.05, 3.63) is 54.6 Å². The summed E-state index contributed by atoms with van der Waals surface area (Å²) in [6.07, 6.45) is 0. The van der Waals surface area contributed by atoms with Gasteiger partial charge in [-0.05, 0) is 24.3 Å². The third-order valence-electron chi connectivity index (χ3n) is 2.60. The standard InChI is InChI=1S/C16H17NOS/c1-12(2)16(19)17-13-7-6-10-15(11-13)18-14-8-4-3-5-9-14/h3-12H,1-2H3,(H,17,19). The number of rotatable bonds is 4. The lowest BCUT2D eigenvalue weighted by Gasteiger charge is -2.12. The molecule has 0 radical (unpaired) electrons. The Kier molecular flexibility index (Phi) is 4.53. The second-order valence-corrected chi connectivity index (χ2v) is 5.03. The molecule has 0 aliphatic heterocycles. The maximum absolute atomic E-state index is 5.78. The zero-order valence-electron chi connectivity index (χ0n) is 11.1. The molecule has 2 aromatic rings. The molecule has 0 aromatic heterocycles. The predicted molar refractivity (Wildman–Crippen MR) is 84.0 cm³/mol. The molecule has 1 N–H and O–H groups in total. The van der Waals surface area contributed by atoms with Crippen molar-refractivity contribution in [2.24, 2.45) is 5.92 Å². The van der Waals surface area contributed by atoms with Crippen LogP contribution in [0.5, 0.6) is 11.5 Å². The Morgan fingerprint density at radius 3 is 2.37 bits per heavy atom. The van der Waals surface area contributed by atoms with Gasteiger partial charge < -0.3 is 10.1 Å². The molecule has 3 heteroatoms. The van der Waals surface area contributed by atoms with Gasteiger partial charge in [0.15, 0.2) is 0 Å². The lowest BCUT2D eigenvalue weighted by Crippen LogP contribution is -2.15. The van der Waals surface area contributed by atoms with E-state index in [0.717, 1.165) is 22.2 Å². The molecule has 0 amide bonds. The quantitative estimate of drug-likeness (QED) is 0.801. The van der Waals surface area contributed by atoms with E-state index in [4.69, 9.17) is 17.0 Å². The molecule has 0 bridgehead atoms. The fourth-order valence-corrected chi connectivity index (χ4v) is 1.67. The van der Waals surface area contributed by atoms with Crippen molar-refractivity contribution in [2.75, 3.05) is 5.32 Å². The van der Waals surface area contributed by atoms with Gasteiger partial charge in [0, 0.05) is 17.7 Å². The molecule has 0 fully saturated rings. The van der Waals surface area contributed by atoms with E-state index in [0.29, 0.717) is 5.92 Å². The molecule has 2 nitrogen and oxygen atoms in total. The third kappa shape index (κ3) is 4.07. The molecule has 0 heterocycles. The minimum Gasteiger partial charge on any atom is -0.457 e. The van der Waals surface area contributed by atoms with Gasteiger partial charge in [0.05, 0.1) is 4.99 Å². The van der Waals surface area contributed by atoms with Crippen LogP contribution in [0.4, 0.5) is 5.69 Å². The molecule has 0 saturated carbocycles. The molecule has 0 aliphatic rings. The highest BCUT2D eigenvalue weighted by molar-refractivity contribution is 7.80. The Morgan fingerprint density at radius 2 is 1.68 bits per heavy atom. The summed E-state index contributed by atoms with van der Waals surface area (Å²) >= 11 is 5.28. The van der Waals surface area contributed by atoms with E-state index in [2.05, 4.69) is 19.2 Å². The van der Waals surface area contributed by atoms with Crippen molar-refractivity contribution < 1.29 is 4.74 Å². The Balaban J connectivity index is 2.09. The molecular formula is C16H17NOS. The van der Waals surface area contributed by atoms with Crippen LogP contribution in [-0.2, 0) is 0 Å². The van der Waals surface area contributed by atoms with Crippen LogP contribution in [0.25, 0.3) is 0 Å². The first-order valence-electron chi connectivity index (χ1n) is 6.29. The number of anilines is 1. The maximum atomic E-state index is 5.78. The molecular weight excluding hydrogens is 254 g/mol. The first-order valence-corrected chi connectivity index (χ1v) is 6.70. The molecule has 0 atom stereocenters. The van der Waals surface area contributed by atoms with Gasteiger partial charge >= 0.3 is 0 Å². The molecule has 0 spiro atoms. The van der Waals surface area contributed by atoms with Gasteiger partial charge in [0.1, 0.15) is 11.5 Å². The minimum atomic E-state index is 0.327. The first kappa shape index (κ1) is 13.6. The molecule has 0 aliphatic carbocycles. The summed E-state index contributed by atoms with van der Waals surface area (Å²) in [6.45, 7) is 4.14. The number of nitrogens with one attached hydrogen (secondary N) is 1. The molecule has 2 aromatic carbocycles. The van der Waals surface area contributed by atoms with E-state index in [1.807, 2.05) is 54.6 Å². The fraction of sp³-hybridized carbons (Fsp3) is 0.188. The van der Waals surface area contributed by atoms with E-state index < -0.39 is 0 Å². The minimum absolute atomic E-state index is 0.327. The lowest BCUT2D eigenvalue weighted by atomic mass is 10.2. The highest BCUT2D eigenvalue weighted by Gasteiger charge is 2.04. The largest absolute Gasteiger partial charge is 0.457 e. The van der Waals surface area contributed by atoms with E-state index in [1.54, 1.807) is 0 Å². The zero-order valence-corrected chi connectivity index (χ0v) is 11.9. The number of benzene rings is 2. The molecule has 2 rings (SSSR count). The highest BCUT2D eigenvalue weighted by atomic mass is 32.1. The molecule has 0 saturated heterocycles. The van der Waals surface area contributed by atoms with Crippen LogP contribution in [0, 0.1) is 5.92 Å². The number of hydrogen-bond donors (Lipinski definition) is 1. The average Bonchev–Trinajstić information content (AvgIpc) is 2.40. The maximum Gasteiger partial charge on any atom is 0.129 e. The van der Waals surface area contributed by atoms with E-state index in [9.17, 15) is 0 Å². The van der Waals surface area contributed by atoms with Crippen LogP contribution in [0.15, 0.2) is 54.6 Å². The average molecular weight is 271 g/mol. The monoisotopic (exact) mass is 271 g/mol. The van der Waals surface area contributed by atoms with Gasteiger partial charge in [-0.3, -0.25) is 0 Å². The smallest absolute Gasteiger partial charge is 0.129 e. The van der Waals surface area contributed by atoms with Gasteiger partial charge in [-0.2, -0.15) is 0 Å². The van der Waals surface area contributed by atoms with Crippen molar-refractivity contribution in [2.45, 2.75) is 13.8 Å². The third-order valence-corrected chi connectivity index (χ3v) is 3.18. The summed E-state index contributed by atoms with van der Waals surface area (Å²) < 4.78 is 5.78. The summed E-state index contributed by atoms with van der Waals surface area (Å²) in [4.78, 5) is 0.830. The highest BCUT2D eigenvalue weighted by Crippen LogP contribution is 2.24. The second-order valence-electron chi connectivity index (χ2n) is 4.59. The number of ether oxygens (including phenoxy) is 1. The predicted octanol–water partition coefficient (Wildman–Crippen LogP) is 4.87. The lowest BCUT2D eigenvalue weighted by molar-refractivity contribution is 0.483. The number of thiocarbonyl (C=S) groups is 1. The van der Waals surface area contributed by atoms with Crippen LogP contribution >= 0.6 is 12.2 Å². The summed E-state index contributed by atoms with van der Waals surface area (Å²) in [6, 6.07) is 17.5. The Labute approximate surface area is 119 Å². The van der Waals surface area contributed by atoms with Gasteiger partial charge in [0.25, 0.3) is 0 Å². The van der Waals surface area contributed by atoms with Crippen molar-refractivity contribution in [3.63, 3.8) is 0 Å². The van der Waals surface area contributed by atoms with Crippen LogP contribution in [0.2, 0.25) is 0 Å². The van der Waals surface area contributed by atoms with Gasteiger partial charge in [0.2, 0.25) is 0 Å². The SMILES string of the molecule is CC(C)C(=S)Nc1cccc(Oc2ccccc2)c1. The van der Waals surface area contributed by atoms with Crippen molar-refractivity contribution >= 4 is 22.9 Å². The number of hydrogen-bond acceptors (Lipinski definition) is 2. The summed E-state index contributed by atoms with van der Waals surface area (Å²) in [7, 11) is 0. The van der Waals surface area contributed by atoms with Crippen LogP contribution in [0.3, 0.4) is 0 Å². The van der Waals surface area contributed by atoms with Crippen LogP contribution < -0.4 is 10.1 Å². The Hall–Kier alpha value is -1.87. The summed E-state index contributed by atoms with van der Waals surface area (Å²) in [5, 5.41) is 3.22. The van der Waals surface area contributed by atoms with Crippen LogP contribution in [-0.4, -0.2) is 4.99 Å². The van der Waals surface area contributed by atoms with E-state index >= 15 is 0 Å². The fourth-order valence-electron chi connectivity index (χ4n) is 1.55.